The molecule has 0 amide bonds. The molecule has 1 saturated carbocycles. The third-order valence-electron chi connectivity index (χ3n) is 5.34. The van der Waals surface area contributed by atoms with Gasteiger partial charge in [-0.2, -0.15) is 0 Å². The smallest absolute Gasteiger partial charge is 0.156 e. The van der Waals surface area contributed by atoms with Gasteiger partial charge >= 0.3 is 0 Å². The van der Waals surface area contributed by atoms with E-state index in [-0.39, 0.29) is 27.8 Å². The standard InChI is InChI=1S/C16H33NO2S/c1-11(2)12(3)20(18,19)15-9-14(16(4,5)6)8-7-13(15)10-17/h11-15H,7-10,17H2,1-6H3. The molecule has 0 aliphatic heterocycles. The van der Waals surface area contributed by atoms with Crippen molar-refractivity contribution in [3.63, 3.8) is 0 Å². The van der Waals surface area contributed by atoms with Crippen LogP contribution >= 0.6 is 0 Å². The normalized spacial score (nSPS) is 30.5. The second-order valence-corrected chi connectivity index (χ2v) is 10.5. The summed E-state index contributed by atoms with van der Waals surface area (Å²) in [6.07, 6.45) is 2.84. The molecule has 1 rings (SSSR count). The van der Waals surface area contributed by atoms with E-state index in [1.54, 1.807) is 0 Å². The molecule has 1 fully saturated rings. The summed E-state index contributed by atoms with van der Waals surface area (Å²) in [5, 5.41) is -0.525. The maximum Gasteiger partial charge on any atom is 0.156 e. The molecule has 0 radical (unpaired) electrons. The van der Waals surface area contributed by atoms with Crippen LogP contribution in [0.4, 0.5) is 0 Å². The van der Waals surface area contributed by atoms with Gasteiger partial charge in [-0.1, -0.05) is 34.6 Å². The molecule has 4 atom stereocenters. The third-order valence-corrected chi connectivity index (χ3v) is 8.34. The molecule has 1 aliphatic carbocycles. The second kappa shape index (κ2) is 6.35. The van der Waals surface area contributed by atoms with Crippen LogP contribution in [0.1, 0.15) is 60.8 Å². The van der Waals surface area contributed by atoms with E-state index in [4.69, 9.17) is 5.73 Å². The van der Waals surface area contributed by atoms with Crippen LogP contribution in [0.15, 0.2) is 0 Å². The summed E-state index contributed by atoms with van der Waals surface area (Å²) in [5.41, 5.74) is 6.03. The highest BCUT2D eigenvalue weighted by molar-refractivity contribution is 7.92. The Morgan fingerprint density at radius 1 is 1.15 bits per heavy atom. The fraction of sp³-hybridized carbons (Fsp3) is 1.00. The molecule has 0 heterocycles. The summed E-state index contributed by atoms with van der Waals surface area (Å²) >= 11 is 0. The zero-order valence-electron chi connectivity index (χ0n) is 14.0. The molecule has 3 nitrogen and oxygen atoms in total. The minimum absolute atomic E-state index is 0.139. The van der Waals surface area contributed by atoms with Crippen molar-refractivity contribution < 1.29 is 8.42 Å². The molecular weight excluding hydrogens is 270 g/mol. The van der Waals surface area contributed by atoms with Crippen LogP contribution in [0.2, 0.25) is 0 Å². The molecule has 0 aromatic rings. The Bertz CT molecular complexity index is 409. The zero-order valence-corrected chi connectivity index (χ0v) is 14.8. The molecule has 4 heteroatoms. The van der Waals surface area contributed by atoms with Crippen molar-refractivity contribution >= 4 is 9.84 Å². The molecule has 20 heavy (non-hydrogen) atoms. The summed E-state index contributed by atoms with van der Waals surface area (Å²) in [5.74, 6) is 0.776. The van der Waals surface area contributed by atoms with E-state index in [2.05, 4.69) is 20.8 Å². The molecule has 0 aromatic heterocycles. The summed E-state index contributed by atoms with van der Waals surface area (Å²) in [4.78, 5) is 0. The van der Waals surface area contributed by atoms with E-state index < -0.39 is 9.84 Å². The lowest BCUT2D eigenvalue weighted by atomic mass is 9.69. The lowest BCUT2D eigenvalue weighted by Crippen LogP contribution is -2.46. The maximum absolute atomic E-state index is 12.9. The van der Waals surface area contributed by atoms with Crippen LogP contribution in [-0.2, 0) is 9.84 Å². The topological polar surface area (TPSA) is 60.2 Å². The Balaban J connectivity index is 3.04. The molecule has 0 bridgehead atoms. The van der Waals surface area contributed by atoms with E-state index in [0.717, 1.165) is 19.3 Å². The van der Waals surface area contributed by atoms with Crippen molar-refractivity contribution in [1.29, 1.82) is 0 Å². The van der Waals surface area contributed by atoms with Gasteiger partial charge < -0.3 is 5.73 Å². The molecule has 0 saturated heterocycles. The molecule has 120 valence electrons. The Kier molecular flexibility index (Phi) is 5.70. The highest BCUT2D eigenvalue weighted by Gasteiger charge is 2.43. The van der Waals surface area contributed by atoms with Crippen LogP contribution in [0.3, 0.4) is 0 Å². The van der Waals surface area contributed by atoms with E-state index in [1.165, 1.54) is 0 Å². The van der Waals surface area contributed by atoms with Gasteiger partial charge in [0.05, 0.1) is 10.5 Å². The average molecular weight is 304 g/mol. The summed E-state index contributed by atoms with van der Waals surface area (Å²) < 4.78 is 25.8. The van der Waals surface area contributed by atoms with Gasteiger partial charge in [-0.15, -0.1) is 0 Å². The van der Waals surface area contributed by atoms with Crippen LogP contribution in [0.5, 0.6) is 0 Å². The molecule has 0 aromatic carbocycles. The van der Waals surface area contributed by atoms with Gasteiger partial charge in [-0.3, -0.25) is 0 Å². The van der Waals surface area contributed by atoms with Crippen molar-refractivity contribution in [2.75, 3.05) is 6.54 Å². The highest BCUT2D eigenvalue weighted by Crippen LogP contribution is 2.43. The minimum atomic E-state index is -3.10. The van der Waals surface area contributed by atoms with E-state index in [1.807, 2.05) is 20.8 Å². The van der Waals surface area contributed by atoms with Gasteiger partial charge in [-0.05, 0) is 55.9 Å². The van der Waals surface area contributed by atoms with E-state index >= 15 is 0 Å². The van der Waals surface area contributed by atoms with Crippen molar-refractivity contribution in [1.82, 2.24) is 0 Å². The van der Waals surface area contributed by atoms with E-state index in [9.17, 15) is 8.42 Å². The Labute approximate surface area is 125 Å². The van der Waals surface area contributed by atoms with Crippen LogP contribution in [0.25, 0.3) is 0 Å². The van der Waals surface area contributed by atoms with Crippen LogP contribution < -0.4 is 5.73 Å². The molecule has 1 aliphatic rings. The first-order valence-electron chi connectivity index (χ1n) is 7.94. The third kappa shape index (κ3) is 3.76. The quantitative estimate of drug-likeness (QED) is 0.867. The lowest BCUT2D eigenvalue weighted by Gasteiger charge is -2.42. The van der Waals surface area contributed by atoms with Crippen molar-refractivity contribution in [3.8, 4) is 0 Å². The van der Waals surface area contributed by atoms with Crippen molar-refractivity contribution in [2.45, 2.75) is 71.3 Å². The van der Waals surface area contributed by atoms with Gasteiger partial charge in [0, 0.05) is 0 Å². The molecule has 0 spiro atoms. The number of hydrogen-bond donors (Lipinski definition) is 1. The Morgan fingerprint density at radius 2 is 1.70 bits per heavy atom. The van der Waals surface area contributed by atoms with Crippen molar-refractivity contribution in [3.05, 3.63) is 0 Å². The SMILES string of the molecule is CC(C)C(C)S(=O)(=O)C1CC(C(C)(C)C)CCC1CN. The number of sulfone groups is 1. The predicted molar refractivity (Wildman–Crippen MR) is 86.3 cm³/mol. The van der Waals surface area contributed by atoms with Gasteiger partial charge in [0.1, 0.15) is 0 Å². The summed E-state index contributed by atoms with van der Waals surface area (Å²) in [6, 6.07) is 0. The van der Waals surface area contributed by atoms with Gasteiger partial charge in [-0.25, -0.2) is 8.42 Å². The number of hydrogen-bond acceptors (Lipinski definition) is 3. The number of rotatable bonds is 4. The van der Waals surface area contributed by atoms with Crippen molar-refractivity contribution in [2.24, 2.45) is 28.9 Å². The van der Waals surface area contributed by atoms with Gasteiger partial charge in [0.25, 0.3) is 0 Å². The molecular formula is C16H33NO2S. The largest absolute Gasteiger partial charge is 0.330 e. The first kappa shape index (κ1) is 18.0. The summed E-state index contributed by atoms with van der Waals surface area (Å²) in [6.45, 7) is 13.0. The van der Waals surface area contributed by atoms with E-state index in [0.29, 0.717) is 12.5 Å². The average Bonchev–Trinajstić information content (AvgIpc) is 2.35. The predicted octanol–water partition coefficient (Wildman–Crippen LogP) is 3.24. The summed E-state index contributed by atoms with van der Waals surface area (Å²) in [7, 11) is -3.10. The second-order valence-electron chi connectivity index (χ2n) is 7.95. The fourth-order valence-electron chi connectivity index (χ4n) is 3.31. The van der Waals surface area contributed by atoms with Crippen LogP contribution in [-0.4, -0.2) is 25.5 Å². The fourth-order valence-corrected chi connectivity index (χ4v) is 5.90. The molecule has 4 unspecified atom stereocenters. The highest BCUT2D eigenvalue weighted by atomic mass is 32.2. The molecule has 2 N–H and O–H groups in total. The first-order chi connectivity index (χ1) is 9.01. The Hall–Kier alpha value is -0.0900. The first-order valence-corrected chi connectivity index (χ1v) is 9.55. The van der Waals surface area contributed by atoms with Gasteiger partial charge in [0.15, 0.2) is 9.84 Å². The Morgan fingerprint density at radius 3 is 2.10 bits per heavy atom. The lowest BCUT2D eigenvalue weighted by molar-refractivity contribution is 0.154. The van der Waals surface area contributed by atoms with Gasteiger partial charge in [0.2, 0.25) is 0 Å². The van der Waals surface area contributed by atoms with Crippen LogP contribution in [0, 0.1) is 23.2 Å². The monoisotopic (exact) mass is 303 g/mol. The minimum Gasteiger partial charge on any atom is -0.330 e. The maximum atomic E-state index is 12.9. The zero-order chi connectivity index (χ0) is 15.7. The number of nitrogens with two attached hydrogens (primary N) is 1.